The van der Waals surface area contributed by atoms with Crippen molar-refractivity contribution in [2.75, 3.05) is 19.5 Å². The Bertz CT molecular complexity index is 901. The van der Waals surface area contributed by atoms with Crippen LogP contribution in [0.1, 0.15) is 10.4 Å². The summed E-state index contributed by atoms with van der Waals surface area (Å²) in [5.41, 5.74) is -1.87. The Morgan fingerprint density at radius 1 is 1.00 bits per heavy atom. The summed E-state index contributed by atoms with van der Waals surface area (Å²) in [4.78, 5) is 32.6. The fourth-order valence-electron chi connectivity index (χ4n) is 2.13. The Morgan fingerprint density at radius 2 is 1.58 bits per heavy atom. The molecule has 0 aliphatic rings. The Morgan fingerprint density at radius 3 is 2.12 bits per heavy atom. The summed E-state index contributed by atoms with van der Waals surface area (Å²) in [5.74, 6) is -1.88. The molecule has 0 spiro atoms. The molecule has 0 saturated heterocycles. The van der Waals surface area contributed by atoms with Crippen molar-refractivity contribution in [3.8, 4) is 11.5 Å². The number of anilines is 1. The molecule has 2 aromatic rings. The van der Waals surface area contributed by atoms with Gasteiger partial charge in [0, 0.05) is 17.8 Å². The molecule has 2 aromatic carbocycles. The highest BCUT2D eigenvalue weighted by atomic mass is 19.1. The predicted octanol–water partition coefficient (Wildman–Crippen LogP) is 2.91. The van der Waals surface area contributed by atoms with Crippen molar-refractivity contribution in [2.24, 2.45) is 0 Å². The van der Waals surface area contributed by atoms with Crippen molar-refractivity contribution in [1.29, 1.82) is 0 Å². The molecule has 11 heteroatoms. The number of nitrogens with one attached hydrogen (secondary N) is 1. The number of halogens is 1. The first kappa shape index (κ1) is 18.6. The maximum atomic E-state index is 13.4. The van der Waals surface area contributed by atoms with Gasteiger partial charge in [0.15, 0.2) is 11.5 Å². The lowest BCUT2D eigenvalue weighted by Crippen LogP contribution is -2.14. The van der Waals surface area contributed by atoms with Crippen molar-refractivity contribution < 1.29 is 28.5 Å². The number of nitro groups is 2. The van der Waals surface area contributed by atoms with Gasteiger partial charge >= 0.3 is 5.69 Å². The van der Waals surface area contributed by atoms with Gasteiger partial charge in [0.2, 0.25) is 5.82 Å². The van der Waals surface area contributed by atoms with Crippen LogP contribution >= 0.6 is 0 Å². The lowest BCUT2D eigenvalue weighted by Gasteiger charge is -2.11. The maximum absolute atomic E-state index is 13.4. The summed E-state index contributed by atoms with van der Waals surface area (Å²) >= 11 is 0. The van der Waals surface area contributed by atoms with Crippen LogP contribution < -0.4 is 14.8 Å². The lowest BCUT2D eigenvalue weighted by atomic mass is 10.1. The van der Waals surface area contributed by atoms with E-state index in [4.69, 9.17) is 9.47 Å². The monoisotopic (exact) mass is 365 g/mol. The van der Waals surface area contributed by atoms with Crippen molar-refractivity contribution in [2.45, 2.75) is 0 Å². The molecule has 0 fully saturated rings. The fraction of sp³-hybridized carbons (Fsp3) is 0.133. The van der Waals surface area contributed by atoms with Gasteiger partial charge in [0.25, 0.3) is 11.6 Å². The molecule has 0 aromatic heterocycles. The first-order chi connectivity index (χ1) is 12.3. The first-order valence-corrected chi connectivity index (χ1v) is 6.94. The summed E-state index contributed by atoms with van der Waals surface area (Å²) in [7, 11) is 2.56. The van der Waals surface area contributed by atoms with E-state index >= 15 is 0 Å². The number of nitrogens with zero attached hydrogens (tertiary/aromatic N) is 2. The van der Waals surface area contributed by atoms with Crippen molar-refractivity contribution in [3.05, 3.63) is 61.9 Å². The van der Waals surface area contributed by atoms with Crippen LogP contribution in [0.2, 0.25) is 0 Å². The second-order valence-corrected chi connectivity index (χ2v) is 4.86. The summed E-state index contributed by atoms with van der Waals surface area (Å²) in [5, 5.41) is 24.2. The quantitative estimate of drug-likeness (QED) is 0.614. The molecule has 0 aliphatic heterocycles. The molecule has 0 heterocycles. The van der Waals surface area contributed by atoms with E-state index in [-0.39, 0.29) is 22.7 Å². The molecule has 26 heavy (non-hydrogen) atoms. The van der Waals surface area contributed by atoms with Gasteiger partial charge in [-0.25, -0.2) is 0 Å². The summed E-state index contributed by atoms with van der Waals surface area (Å²) in [6.07, 6.45) is 0. The summed E-state index contributed by atoms with van der Waals surface area (Å²) < 4.78 is 23.3. The zero-order valence-electron chi connectivity index (χ0n) is 13.5. The topological polar surface area (TPSA) is 134 Å². The third-order valence-electron chi connectivity index (χ3n) is 3.34. The normalized spacial score (nSPS) is 10.1. The van der Waals surface area contributed by atoms with Gasteiger partial charge in [-0.2, -0.15) is 4.39 Å². The molecule has 136 valence electrons. The average Bonchev–Trinajstić information content (AvgIpc) is 2.61. The van der Waals surface area contributed by atoms with Crippen molar-refractivity contribution >= 4 is 23.0 Å². The van der Waals surface area contributed by atoms with Crippen LogP contribution in [0.5, 0.6) is 11.5 Å². The van der Waals surface area contributed by atoms with Crippen LogP contribution in [0.3, 0.4) is 0 Å². The molecule has 0 aliphatic carbocycles. The molecule has 0 atom stereocenters. The number of amides is 1. The average molecular weight is 365 g/mol. The zero-order chi connectivity index (χ0) is 19.4. The van der Waals surface area contributed by atoms with Crippen LogP contribution in [0.25, 0.3) is 0 Å². The van der Waals surface area contributed by atoms with E-state index in [1.54, 1.807) is 0 Å². The Labute approximate surface area is 145 Å². The van der Waals surface area contributed by atoms with E-state index in [1.807, 2.05) is 0 Å². The van der Waals surface area contributed by atoms with Crippen molar-refractivity contribution in [3.63, 3.8) is 0 Å². The van der Waals surface area contributed by atoms with Gasteiger partial charge < -0.3 is 14.8 Å². The summed E-state index contributed by atoms with van der Waals surface area (Å²) in [6, 6.07) is 4.81. The second-order valence-electron chi connectivity index (χ2n) is 4.86. The van der Waals surface area contributed by atoms with Crippen molar-refractivity contribution in [1.82, 2.24) is 0 Å². The number of rotatable bonds is 6. The Hall–Kier alpha value is -3.76. The van der Waals surface area contributed by atoms with E-state index in [0.29, 0.717) is 0 Å². The number of methoxy groups -OCH3 is 2. The minimum absolute atomic E-state index is 0.0492. The van der Waals surface area contributed by atoms with Gasteiger partial charge in [0.05, 0.1) is 30.1 Å². The number of nitro benzene ring substituents is 2. The molecule has 0 unspecified atom stereocenters. The lowest BCUT2D eigenvalue weighted by molar-refractivity contribution is -0.387. The van der Waals surface area contributed by atoms with Crippen LogP contribution in [0.4, 0.5) is 21.5 Å². The number of benzene rings is 2. The van der Waals surface area contributed by atoms with Gasteiger partial charge in [-0.3, -0.25) is 25.0 Å². The zero-order valence-corrected chi connectivity index (χ0v) is 13.5. The van der Waals surface area contributed by atoms with E-state index in [2.05, 4.69) is 5.32 Å². The van der Waals surface area contributed by atoms with Gasteiger partial charge in [-0.05, 0) is 12.1 Å². The molecular weight excluding hydrogens is 353 g/mol. The maximum Gasteiger partial charge on any atom is 0.306 e. The third kappa shape index (κ3) is 3.66. The SMILES string of the molecule is COc1cc(C(=O)Nc2ccc(F)c([N+](=O)[O-])c2)c([N+](=O)[O-])cc1OC. The van der Waals surface area contributed by atoms with E-state index in [0.717, 1.165) is 30.3 Å². The minimum atomic E-state index is -1.08. The van der Waals surface area contributed by atoms with Crippen LogP contribution in [0, 0.1) is 26.0 Å². The molecule has 0 radical (unpaired) electrons. The van der Waals surface area contributed by atoms with Gasteiger partial charge in [-0.1, -0.05) is 0 Å². The largest absolute Gasteiger partial charge is 0.493 e. The first-order valence-electron chi connectivity index (χ1n) is 6.94. The fourth-order valence-corrected chi connectivity index (χ4v) is 2.13. The Balaban J connectivity index is 2.45. The third-order valence-corrected chi connectivity index (χ3v) is 3.34. The van der Waals surface area contributed by atoms with Crippen LogP contribution in [-0.4, -0.2) is 30.0 Å². The van der Waals surface area contributed by atoms with Crippen LogP contribution in [-0.2, 0) is 0 Å². The Kier molecular flexibility index (Phi) is 5.30. The van der Waals surface area contributed by atoms with Gasteiger partial charge in [0.1, 0.15) is 5.56 Å². The number of carbonyl (C=O) groups is 1. The molecule has 10 nitrogen and oxygen atoms in total. The molecule has 1 amide bonds. The molecule has 1 N–H and O–H groups in total. The highest BCUT2D eigenvalue weighted by Crippen LogP contribution is 2.35. The summed E-state index contributed by atoms with van der Waals surface area (Å²) in [6.45, 7) is 0. The smallest absolute Gasteiger partial charge is 0.306 e. The second kappa shape index (κ2) is 7.42. The van der Waals surface area contributed by atoms with E-state index < -0.39 is 32.9 Å². The molecule has 0 saturated carbocycles. The molecule has 0 bridgehead atoms. The standard InChI is InChI=1S/C15H12FN3O7/c1-25-13-6-9(11(18(21)22)7-14(13)26-2)15(20)17-8-3-4-10(16)12(5-8)19(23)24/h3-7H,1-2H3,(H,17,20). The van der Waals surface area contributed by atoms with E-state index in [1.165, 1.54) is 14.2 Å². The molecule has 2 rings (SSSR count). The number of hydrogen-bond donors (Lipinski definition) is 1. The van der Waals surface area contributed by atoms with Gasteiger partial charge in [-0.15, -0.1) is 0 Å². The van der Waals surface area contributed by atoms with E-state index in [9.17, 15) is 29.4 Å². The minimum Gasteiger partial charge on any atom is -0.493 e. The highest BCUT2D eigenvalue weighted by Gasteiger charge is 2.25. The number of hydrogen-bond acceptors (Lipinski definition) is 7. The van der Waals surface area contributed by atoms with Crippen LogP contribution in [0.15, 0.2) is 30.3 Å². The number of ether oxygens (including phenoxy) is 2. The molecular formula is C15H12FN3O7. The highest BCUT2D eigenvalue weighted by molar-refractivity contribution is 6.07. The number of carbonyl (C=O) groups excluding carboxylic acids is 1. The predicted molar refractivity (Wildman–Crippen MR) is 87.2 cm³/mol.